The summed E-state index contributed by atoms with van der Waals surface area (Å²) in [5.41, 5.74) is 1.62. The molecule has 0 atom stereocenters. The van der Waals surface area contributed by atoms with Crippen LogP contribution in [0.4, 0.5) is 5.82 Å². The number of H-pyrrole nitrogens is 1. The Labute approximate surface area is 117 Å². The first-order valence-electron chi connectivity index (χ1n) is 6.83. The van der Waals surface area contributed by atoms with Crippen molar-refractivity contribution in [3.8, 4) is 0 Å². The van der Waals surface area contributed by atoms with Gasteiger partial charge in [0.15, 0.2) is 0 Å². The fourth-order valence-corrected chi connectivity index (χ4v) is 1.82. The van der Waals surface area contributed by atoms with Gasteiger partial charge in [0.1, 0.15) is 5.82 Å². The lowest BCUT2D eigenvalue weighted by Crippen LogP contribution is -2.20. The third-order valence-electron chi connectivity index (χ3n) is 2.96. The lowest BCUT2D eigenvalue weighted by molar-refractivity contribution is 0.564. The highest BCUT2D eigenvalue weighted by Gasteiger charge is 2.04. The van der Waals surface area contributed by atoms with Crippen molar-refractivity contribution in [2.24, 2.45) is 0 Å². The number of nitrogens with zero attached hydrogens (tertiary/aromatic N) is 1. The molecule has 0 saturated heterocycles. The van der Waals surface area contributed by atoms with Gasteiger partial charge < -0.3 is 15.1 Å². The molecule has 0 unspecified atom stereocenters. The number of nitrogens with one attached hydrogen (secondary N) is 3. The quantitative estimate of drug-likeness (QED) is 0.641. The Morgan fingerprint density at radius 1 is 1.40 bits per heavy atom. The van der Waals surface area contributed by atoms with Crippen molar-refractivity contribution in [1.29, 1.82) is 0 Å². The average Bonchev–Trinajstić information content (AvgIpc) is 2.96. The molecule has 20 heavy (non-hydrogen) atoms. The number of hydrogen-bond donors (Lipinski definition) is 3. The molecule has 2 aromatic rings. The van der Waals surface area contributed by atoms with Gasteiger partial charge in [-0.3, -0.25) is 4.98 Å². The SMILES string of the molecule is CCCCNCc1cnc(=O)[nH]c1NCc1ccoc1. The fraction of sp³-hybridized carbons (Fsp3) is 0.429. The molecule has 0 aliphatic rings. The largest absolute Gasteiger partial charge is 0.472 e. The van der Waals surface area contributed by atoms with Crippen LogP contribution in [0.1, 0.15) is 30.9 Å². The van der Waals surface area contributed by atoms with E-state index in [0.29, 0.717) is 18.9 Å². The lowest BCUT2D eigenvalue weighted by atomic mass is 10.2. The number of unbranched alkanes of at least 4 members (excludes halogenated alkanes) is 1. The second kappa shape index (κ2) is 7.49. The van der Waals surface area contributed by atoms with Crippen LogP contribution in [0.3, 0.4) is 0 Å². The summed E-state index contributed by atoms with van der Waals surface area (Å²) >= 11 is 0. The molecule has 0 aliphatic carbocycles. The highest BCUT2D eigenvalue weighted by molar-refractivity contribution is 5.42. The predicted octanol–water partition coefficient (Wildman–Crippen LogP) is 1.86. The summed E-state index contributed by atoms with van der Waals surface area (Å²) in [5, 5.41) is 6.54. The van der Waals surface area contributed by atoms with E-state index in [4.69, 9.17) is 4.42 Å². The molecule has 6 nitrogen and oxygen atoms in total. The maximum atomic E-state index is 11.3. The van der Waals surface area contributed by atoms with Gasteiger partial charge in [-0.1, -0.05) is 13.3 Å². The zero-order valence-corrected chi connectivity index (χ0v) is 11.6. The Balaban J connectivity index is 1.97. The molecular formula is C14H20N4O2. The number of rotatable bonds is 8. The van der Waals surface area contributed by atoms with E-state index in [1.165, 1.54) is 0 Å². The monoisotopic (exact) mass is 276 g/mol. The van der Waals surface area contributed by atoms with Crippen molar-refractivity contribution in [1.82, 2.24) is 15.3 Å². The highest BCUT2D eigenvalue weighted by atomic mass is 16.3. The molecule has 2 heterocycles. The van der Waals surface area contributed by atoms with Gasteiger partial charge in [0.2, 0.25) is 0 Å². The van der Waals surface area contributed by atoms with Crippen LogP contribution < -0.4 is 16.3 Å². The standard InChI is InChI=1S/C14H20N4O2/c1-2-3-5-15-8-12-9-17-14(19)18-13(12)16-7-11-4-6-20-10-11/h4,6,9-10,15H,2-3,5,7-8H2,1H3,(H2,16,17,18,19). The van der Waals surface area contributed by atoms with Gasteiger partial charge in [0.05, 0.1) is 12.5 Å². The smallest absolute Gasteiger partial charge is 0.346 e. The van der Waals surface area contributed by atoms with Crippen LogP contribution in [0.25, 0.3) is 0 Å². The number of hydrogen-bond acceptors (Lipinski definition) is 5. The molecular weight excluding hydrogens is 256 g/mol. The Morgan fingerprint density at radius 2 is 2.30 bits per heavy atom. The Kier molecular flexibility index (Phi) is 5.37. The molecule has 0 fully saturated rings. The van der Waals surface area contributed by atoms with Crippen LogP contribution >= 0.6 is 0 Å². The molecule has 0 radical (unpaired) electrons. The molecule has 2 aromatic heterocycles. The topological polar surface area (TPSA) is 83.0 Å². The van der Waals surface area contributed by atoms with Gasteiger partial charge in [-0.05, 0) is 19.0 Å². The molecule has 0 spiro atoms. The Bertz CT molecular complexity index is 563. The van der Waals surface area contributed by atoms with Crippen molar-refractivity contribution >= 4 is 5.82 Å². The van der Waals surface area contributed by atoms with E-state index in [-0.39, 0.29) is 5.69 Å². The number of aromatic amines is 1. The van der Waals surface area contributed by atoms with Gasteiger partial charge in [0.25, 0.3) is 0 Å². The van der Waals surface area contributed by atoms with Crippen molar-refractivity contribution in [3.05, 3.63) is 46.4 Å². The summed E-state index contributed by atoms with van der Waals surface area (Å²) in [7, 11) is 0. The van der Waals surface area contributed by atoms with Crippen LogP contribution in [-0.2, 0) is 13.1 Å². The van der Waals surface area contributed by atoms with Crippen LogP contribution in [0.2, 0.25) is 0 Å². The minimum absolute atomic E-state index is 0.350. The third kappa shape index (κ3) is 4.24. The summed E-state index contributed by atoms with van der Waals surface area (Å²) in [6.07, 6.45) is 7.19. The van der Waals surface area contributed by atoms with Crippen LogP contribution in [-0.4, -0.2) is 16.5 Å². The maximum absolute atomic E-state index is 11.3. The molecule has 0 bridgehead atoms. The molecule has 108 valence electrons. The van der Waals surface area contributed by atoms with E-state index in [2.05, 4.69) is 27.5 Å². The number of furan rings is 1. The number of aromatic nitrogens is 2. The zero-order chi connectivity index (χ0) is 14.2. The minimum atomic E-state index is -0.350. The summed E-state index contributed by atoms with van der Waals surface area (Å²) in [6, 6.07) is 1.88. The minimum Gasteiger partial charge on any atom is -0.472 e. The first kappa shape index (κ1) is 14.3. The van der Waals surface area contributed by atoms with Gasteiger partial charge in [-0.15, -0.1) is 0 Å². The molecule has 0 aromatic carbocycles. The van der Waals surface area contributed by atoms with Gasteiger partial charge in [-0.25, -0.2) is 9.78 Å². The van der Waals surface area contributed by atoms with Crippen LogP contribution in [0.5, 0.6) is 0 Å². The number of anilines is 1. The van der Waals surface area contributed by atoms with Crippen molar-refractivity contribution in [2.45, 2.75) is 32.9 Å². The van der Waals surface area contributed by atoms with E-state index in [0.717, 1.165) is 30.5 Å². The van der Waals surface area contributed by atoms with E-state index in [1.54, 1.807) is 18.7 Å². The van der Waals surface area contributed by atoms with Gasteiger partial charge >= 0.3 is 5.69 Å². The summed E-state index contributed by atoms with van der Waals surface area (Å²) < 4.78 is 5.01. The van der Waals surface area contributed by atoms with Crippen LogP contribution in [0.15, 0.2) is 34.0 Å². The highest BCUT2D eigenvalue weighted by Crippen LogP contribution is 2.10. The van der Waals surface area contributed by atoms with Gasteiger partial charge in [-0.2, -0.15) is 0 Å². The maximum Gasteiger partial charge on any atom is 0.346 e. The van der Waals surface area contributed by atoms with Crippen LogP contribution in [0, 0.1) is 0 Å². The second-order valence-corrected chi connectivity index (χ2v) is 4.60. The third-order valence-corrected chi connectivity index (χ3v) is 2.96. The lowest BCUT2D eigenvalue weighted by Gasteiger charge is -2.11. The summed E-state index contributed by atoms with van der Waals surface area (Å²) in [4.78, 5) is 17.8. The molecule has 0 amide bonds. The predicted molar refractivity (Wildman–Crippen MR) is 77.5 cm³/mol. The van der Waals surface area contributed by atoms with Crippen molar-refractivity contribution < 1.29 is 4.42 Å². The van der Waals surface area contributed by atoms with E-state index in [9.17, 15) is 4.79 Å². The van der Waals surface area contributed by atoms with Gasteiger partial charge in [0, 0.05) is 30.4 Å². The van der Waals surface area contributed by atoms with Crippen molar-refractivity contribution in [2.75, 3.05) is 11.9 Å². The molecule has 6 heteroatoms. The molecule has 0 saturated carbocycles. The molecule has 3 N–H and O–H groups in total. The molecule has 2 rings (SSSR count). The zero-order valence-electron chi connectivity index (χ0n) is 11.6. The fourth-order valence-electron chi connectivity index (χ4n) is 1.82. The second-order valence-electron chi connectivity index (χ2n) is 4.60. The van der Waals surface area contributed by atoms with E-state index >= 15 is 0 Å². The normalized spacial score (nSPS) is 10.7. The van der Waals surface area contributed by atoms with Crippen molar-refractivity contribution in [3.63, 3.8) is 0 Å². The van der Waals surface area contributed by atoms with E-state index < -0.39 is 0 Å². The first-order chi connectivity index (χ1) is 9.79. The Morgan fingerprint density at radius 3 is 3.05 bits per heavy atom. The average molecular weight is 276 g/mol. The Hall–Kier alpha value is -2.08. The first-order valence-corrected chi connectivity index (χ1v) is 6.83. The summed E-state index contributed by atoms with van der Waals surface area (Å²) in [5.74, 6) is 0.704. The summed E-state index contributed by atoms with van der Waals surface area (Å²) in [6.45, 7) is 4.38. The van der Waals surface area contributed by atoms with E-state index in [1.807, 2.05) is 6.07 Å². The molecule has 0 aliphatic heterocycles.